The van der Waals surface area contributed by atoms with E-state index >= 15 is 0 Å². The fraction of sp³-hybridized carbons (Fsp3) is 0.182. The van der Waals surface area contributed by atoms with Crippen LogP contribution in [0.4, 0.5) is 14.5 Å². The zero-order valence-corrected chi connectivity index (χ0v) is 9.53. The molecule has 19 heavy (non-hydrogen) atoms. The normalized spacial score (nSPS) is 12.4. The lowest BCUT2D eigenvalue weighted by atomic mass is 10.1. The highest BCUT2D eigenvalue weighted by molar-refractivity contribution is 5.22. The molecular weight excluding hydrogens is 260 g/mol. The monoisotopic (exact) mass is 269 g/mol. The molecule has 0 spiro atoms. The molecule has 2 rings (SSSR count). The summed E-state index contributed by atoms with van der Waals surface area (Å²) in [5.41, 5.74) is -0.0467. The first kappa shape index (κ1) is 13.1. The lowest BCUT2D eigenvalue weighted by molar-refractivity contribution is -0.385. The maximum Gasteiger partial charge on any atom is 0.306 e. The number of hydrogen-bond acceptors (Lipinski definition) is 4. The van der Waals surface area contributed by atoms with Gasteiger partial charge in [-0.25, -0.2) is 8.78 Å². The highest BCUT2D eigenvalue weighted by Gasteiger charge is 2.14. The van der Waals surface area contributed by atoms with Gasteiger partial charge in [0.2, 0.25) is 0 Å². The Morgan fingerprint density at radius 1 is 1.42 bits per heavy atom. The standard InChI is InChI=1S/C11H9F2N3O3/c12-9-2-1-7(3-10(9)13)11(17)6-15-5-8(4-14-15)16(18)19/h1-5,11,17H,6H2. The van der Waals surface area contributed by atoms with Gasteiger partial charge >= 0.3 is 5.69 Å². The van der Waals surface area contributed by atoms with E-state index in [1.165, 1.54) is 6.07 Å². The van der Waals surface area contributed by atoms with Crippen molar-refractivity contribution in [3.63, 3.8) is 0 Å². The summed E-state index contributed by atoms with van der Waals surface area (Å²) in [5.74, 6) is -2.08. The summed E-state index contributed by atoms with van der Waals surface area (Å²) in [7, 11) is 0. The first-order valence-electron chi connectivity index (χ1n) is 5.27. The van der Waals surface area contributed by atoms with Gasteiger partial charge in [0.05, 0.1) is 17.6 Å². The van der Waals surface area contributed by atoms with Crippen molar-refractivity contribution >= 4 is 5.69 Å². The van der Waals surface area contributed by atoms with Crippen LogP contribution in [0, 0.1) is 21.7 Å². The number of rotatable bonds is 4. The summed E-state index contributed by atoms with van der Waals surface area (Å²) in [6, 6.07) is 3.01. The Bertz CT molecular complexity index is 615. The van der Waals surface area contributed by atoms with Crippen molar-refractivity contribution in [2.45, 2.75) is 12.6 Å². The number of halogens is 2. The molecule has 1 aromatic carbocycles. The molecule has 0 fully saturated rings. The van der Waals surface area contributed by atoms with Gasteiger partial charge in [-0.1, -0.05) is 6.07 Å². The van der Waals surface area contributed by atoms with Gasteiger partial charge in [-0.2, -0.15) is 5.10 Å². The van der Waals surface area contributed by atoms with E-state index in [9.17, 15) is 24.0 Å². The van der Waals surface area contributed by atoms with E-state index in [4.69, 9.17) is 0 Å². The Labute approximate surface area is 106 Å². The second kappa shape index (κ2) is 5.11. The smallest absolute Gasteiger partial charge is 0.306 e. The summed E-state index contributed by atoms with van der Waals surface area (Å²) in [6.45, 7) is -0.0983. The number of aliphatic hydroxyl groups excluding tert-OH is 1. The van der Waals surface area contributed by atoms with Crippen LogP contribution in [0.25, 0.3) is 0 Å². The number of hydrogen-bond donors (Lipinski definition) is 1. The third-order valence-corrected chi connectivity index (χ3v) is 2.52. The third-order valence-electron chi connectivity index (χ3n) is 2.52. The van der Waals surface area contributed by atoms with Gasteiger partial charge < -0.3 is 5.11 Å². The van der Waals surface area contributed by atoms with Crippen LogP contribution < -0.4 is 0 Å². The Morgan fingerprint density at radius 2 is 2.16 bits per heavy atom. The van der Waals surface area contributed by atoms with E-state index in [2.05, 4.69) is 5.10 Å². The second-order valence-corrected chi connectivity index (χ2v) is 3.87. The number of nitrogens with zero attached hydrogens (tertiary/aromatic N) is 3. The van der Waals surface area contributed by atoms with Crippen LogP contribution in [0.2, 0.25) is 0 Å². The van der Waals surface area contributed by atoms with Crippen molar-refractivity contribution in [1.82, 2.24) is 9.78 Å². The van der Waals surface area contributed by atoms with Crippen molar-refractivity contribution in [1.29, 1.82) is 0 Å². The molecule has 100 valence electrons. The lowest BCUT2D eigenvalue weighted by Gasteiger charge is -2.10. The van der Waals surface area contributed by atoms with E-state index in [-0.39, 0.29) is 17.8 Å². The zero-order chi connectivity index (χ0) is 14.0. The fourth-order valence-corrected chi connectivity index (χ4v) is 1.55. The van der Waals surface area contributed by atoms with Gasteiger partial charge in [-0.05, 0) is 17.7 Å². The average molecular weight is 269 g/mol. The van der Waals surface area contributed by atoms with E-state index in [1.807, 2.05) is 0 Å². The molecule has 0 bridgehead atoms. The summed E-state index contributed by atoms with van der Waals surface area (Å²) < 4.78 is 26.9. The highest BCUT2D eigenvalue weighted by atomic mass is 19.2. The minimum absolute atomic E-state index is 0.0983. The second-order valence-electron chi connectivity index (χ2n) is 3.87. The molecule has 0 radical (unpaired) electrons. The van der Waals surface area contributed by atoms with Gasteiger partial charge in [0.25, 0.3) is 0 Å². The van der Waals surface area contributed by atoms with E-state index in [0.29, 0.717) is 0 Å². The molecule has 0 saturated heterocycles. The molecule has 0 amide bonds. The average Bonchev–Trinajstić information content (AvgIpc) is 2.81. The molecule has 1 heterocycles. The SMILES string of the molecule is O=[N+]([O-])c1cnn(CC(O)c2ccc(F)c(F)c2)c1. The van der Waals surface area contributed by atoms with Gasteiger partial charge in [0.1, 0.15) is 12.4 Å². The number of aliphatic hydroxyl groups is 1. The van der Waals surface area contributed by atoms with Crippen LogP contribution in [0.15, 0.2) is 30.6 Å². The maximum absolute atomic E-state index is 13.0. The van der Waals surface area contributed by atoms with E-state index in [1.54, 1.807) is 0 Å². The first-order chi connectivity index (χ1) is 8.97. The van der Waals surface area contributed by atoms with Gasteiger partial charge in [0, 0.05) is 0 Å². The molecule has 0 aliphatic heterocycles. The molecule has 1 N–H and O–H groups in total. The van der Waals surface area contributed by atoms with E-state index in [0.717, 1.165) is 29.2 Å². The van der Waals surface area contributed by atoms with Crippen molar-refractivity contribution in [2.75, 3.05) is 0 Å². The maximum atomic E-state index is 13.0. The predicted molar refractivity (Wildman–Crippen MR) is 60.2 cm³/mol. The lowest BCUT2D eigenvalue weighted by Crippen LogP contribution is -2.09. The van der Waals surface area contributed by atoms with E-state index < -0.39 is 22.7 Å². The molecule has 1 unspecified atom stereocenters. The molecule has 8 heteroatoms. The van der Waals surface area contributed by atoms with Crippen molar-refractivity contribution in [2.24, 2.45) is 0 Å². The number of nitro groups is 1. The van der Waals surface area contributed by atoms with Gasteiger partial charge in [-0.3, -0.25) is 14.8 Å². The largest absolute Gasteiger partial charge is 0.386 e. The van der Waals surface area contributed by atoms with Crippen molar-refractivity contribution < 1.29 is 18.8 Å². The van der Waals surface area contributed by atoms with Crippen LogP contribution in [0.5, 0.6) is 0 Å². The quantitative estimate of drug-likeness (QED) is 0.677. The zero-order valence-electron chi connectivity index (χ0n) is 9.53. The number of benzene rings is 1. The number of aromatic nitrogens is 2. The summed E-state index contributed by atoms with van der Waals surface area (Å²) in [5, 5.41) is 24.0. The minimum Gasteiger partial charge on any atom is -0.386 e. The molecule has 1 aromatic heterocycles. The summed E-state index contributed by atoms with van der Waals surface area (Å²) in [4.78, 5) is 9.83. The Balaban J connectivity index is 2.13. The van der Waals surface area contributed by atoms with Crippen LogP contribution in [-0.2, 0) is 6.54 Å². The third kappa shape index (κ3) is 2.91. The van der Waals surface area contributed by atoms with Crippen LogP contribution in [0.1, 0.15) is 11.7 Å². The van der Waals surface area contributed by atoms with Crippen LogP contribution in [-0.4, -0.2) is 19.8 Å². The minimum atomic E-state index is -1.14. The molecule has 1 atom stereocenters. The summed E-state index contributed by atoms with van der Waals surface area (Å²) >= 11 is 0. The molecular formula is C11H9F2N3O3. The van der Waals surface area contributed by atoms with Crippen LogP contribution in [0.3, 0.4) is 0 Å². The Hall–Kier alpha value is -2.35. The predicted octanol–water partition coefficient (Wildman–Crippen LogP) is 1.80. The topological polar surface area (TPSA) is 81.2 Å². The molecule has 6 nitrogen and oxygen atoms in total. The molecule has 2 aromatic rings. The highest BCUT2D eigenvalue weighted by Crippen LogP contribution is 2.18. The fourth-order valence-electron chi connectivity index (χ4n) is 1.55. The van der Waals surface area contributed by atoms with Gasteiger partial charge in [0.15, 0.2) is 11.6 Å². The van der Waals surface area contributed by atoms with Crippen molar-refractivity contribution in [3.8, 4) is 0 Å². The van der Waals surface area contributed by atoms with Crippen LogP contribution >= 0.6 is 0 Å². The molecule has 0 aliphatic rings. The van der Waals surface area contributed by atoms with Crippen molar-refractivity contribution in [3.05, 3.63) is 57.9 Å². The Morgan fingerprint density at radius 3 is 2.74 bits per heavy atom. The summed E-state index contributed by atoms with van der Waals surface area (Å²) in [6.07, 6.45) is 1.04. The first-order valence-corrected chi connectivity index (χ1v) is 5.27. The Kier molecular flexibility index (Phi) is 3.52. The molecule has 0 saturated carbocycles. The van der Waals surface area contributed by atoms with Gasteiger partial charge in [-0.15, -0.1) is 0 Å². The molecule has 0 aliphatic carbocycles.